The van der Waals surface area contributed by atoms with Crippen LogP contribution in [-0.4, -0.2) is 31.7 Å². The van der Waals surface area contributed by atoms with E-state index < -0.39 is 5.92 Å². The first kappa shape index (κ1) is 13.9. The lowest BCUT2D eigenvalue weighted by atomic mass is 9.92. The molecule has 2 heterocycles. The number of benzene rings is 1. The molecule has 0 spiro atoms. The Kier molecular flexibility index (Phi) is 4.07. The van der Waals surface area contributed by atoms with Crippen LogP contribution in [0.3, 0.4) is 0 Å². The fourth-order valence-electron chi connectivity index (χ4n) is 2.72. The smallest absolute Gasteiger partial charge is 0.161 e. The van der Waals surface area contributed by atoms with Crippen LogP contribution in [0.25, 0.3) is 0 Å². The fourth-order valence-corrected chi connectivity index (χ4v) is 2.72. The van der Waals surface area contributed by atoms with Crippen molar-refractivity contribution in [3.05, 3.63) is 23.8 Å². The van der Waals surface area contributed by atoms with Crippen LogP contribution in [0.1, 0.15) is 30.7 Å². The van der Waals surface area contributed by atoms with E-state index in [-0.39, 0.29) is 11.9 Å². The molecule has 21 heavy (non-hydrogen) atoms. The topological polar surface area (TPSA) is 68.6 Å². The molecule has 2 aliphatic rings. The van der Waals surface area contributed by atoms with Gasteiger partial charge < -0.3 is 14.2 Å². The first-order chi connectivity index (χ1) is 10.3. The highest BCUT2D eigenvalue weighted by atomic mass is 16.6. The average molecular weight is 287 g/mol. The predicted molar refractivity (Wildman–Crippen MR) is 74.4 cm³/mol. The molecule has 0 bridgehead atoms. The zero-order valence-corrected chi connectivity index (χ0v) is 11.7. The van der Waals surface area contributed by atoms with Crippen molar-refractivity contribution in [3.63, 3.8) is 0 Å². The Balaban J connectivity index is 1.76. The van der Waals surface area contributed by atoms with Gasteiger partial charge in [-0.15, -0.1) is 0 Å². The minimum Gasteiger partial charge on any atom is -0.486 e. The zero-order valence-electron chi connectivity index (χ0n) is 11.7. The van der Waals surface area contributed by atoms with Crippen LogP contribution in [0.4, 0.5) is 0 Å². The minimum absolute atomic E-state index is 0.0365. The lowest BCUT2D eigenvalue weighted by Crippen LogP contribution is -2.19. The molecule has 5 heteroatoms. The van der Waals surface area contributed by atoms with Crippen molar-refractivity contribution in [2.45, 2.75) is 31.3 Å². The molecule has 2 atom stereocenters. The molecule has 0 N–H and O–H groups in total. The van der Waals surface area contributed by atoms with E-state index in [1.807, 2.05) is 0 Å². The predicted octanol–water partition coefficient (Wildman–Crippen LogP) is 2.20. The molecule has 3 rings (SSSR count). The number of ether oxygens (including phenoxy) is 3. The Hall–Kier alpha value is -2.06. The van der Waals surface area contributed by atoms with Gasteiger partial charge in [0.05, 0.1) is 12.2 Å². The first-order valence-electron chi connectivity index (χ1n) is 7.21. The number of fused-ring (bicyclic) bond motifs is 1. The van der Waals surface area contributed by atoms with Crippen molar-refractivity contribution in [1.29, 1.82) is 5.26 Å². The van der Waals surface area contributed by atoms with Gasteiger partial charge in [0.2, 0.25) is 0 Å². The fraction of sp³-hybridized carbons (Fsp3) is 0.500. The molecule has 1 fully saturated rings. The molecule has 0 aliphatic carbocycles. The van der Waals surface area contributed by atoms with Gasteiger partial charge in [0, 0.05) is 13.0 Å². The van der Waals surface area contributed by atoms with Crippen LogP contribution in [0.5, 0.6) is 11.5 Å². The van der Waals surface area contributed by atoms with Crippen LogP contribution < -0.4 is 9.47 Å². The highest BCUT2D eigenvalue weighted by Gasteiger charge is 2.27. The summed E-state index contributed by atoms with van der Waals surface area (Å²) in [5.74, 6) is 0.392. The number of carbonyl (C=O) groups excluding carboxylic acids is 1. The normalized spacial score (nSPS) is 21.6. The van der Waals surface area contributed by atoms with Gasteiger partial charge in [0.1, 0.15) is 19.1 Å². The number of carbonyl (C=O) groups is 1. The van der Waals surface area contributed by atoms with Crippen molar-refractivity contribution in [2.24, 2.45) is 0 Å². The van der Waals surface area contributed by atoms with Gasteiger partial charge in [-0.3, -0.25) is 4.79 Å². The Morgan fingerprint density at radius 2 is 2.10 bits per heavy atom. The number of Topliss-reactive ketones (excluding diaryl/α,β-unsaturated/α-hetero) is 1. The Labute approximate surface area is 123 Å². The monoisotopic (exact) mass is 287 g/mol. The van der Waals surface area contributed by atoms with E-state index in [4.69, 9.17) is 14.2 Å². The molecule has 110 valence electrons. The van der Waals surface area contributed by atoms with Crippen molar-refractivity contribution in [3.8, 4) is 17.6 Å². The van der Waals surface area contributed by atoms with Crippen LogP contribution in [0, 0.1) is 11.3 Å². The second kappa shape index (κ2) is 6.15. The second-order valence-electron chi connectivity index (χ2n) is 5.27. The van der Waals surface area contributed by atoms with E-state index in [9.17, 15) is 10.1 Å². The van der Waals surface area contributed by atoms with Gasteiger partial charge in [-0.05, 0) is 30.5 Å². The first-order valence-corrected chi connectivity index (χ1v) is 7.21. The molecule has 0 radical (unpaired) electrons. The third kappa shape index (κ3) is 3.01. The largest absolute Gasteiger partial charge is 0.486 e. The summed E-state index contributed by atoms with van der Waals surface area (Å²) in [5.41, 5.74) is 0.657. The number of hydrogen-bond acceptors (Lipinski definition) is 5. The molecule has 0 aromatic heterocycles. The second-order valence-corrected chi connectivity index (χ2v) is 5.27. The minimum atomic E-state index is -0.773. The van der Waals surface area contributed by atoms with Crippen molar-refractivity contribution < 1.29 is 19.0 Å². The number of nitrogens with zero attached hydrogens (tertiary/aromatic N) is 1. The van der Waals surface area contributed by atoms with Gasteiger partial charge >= 0.3 is 0 Å². The summed E-state index contributed by atoms with van der Waals surface area (Å²) in [4.78, 5) is 12.3. The summed E-state index contributed by atoms with van der Waals surface area (Å²) in [7, 11) is 0. The maximum Gasteiger partial charge on any atom is 0.161 e. The van der Waals surface area contributed by atoms with Crippen molar-refractivity contribution >= 4 is 5.78 Å². The van der Waals surface area contributed by atoms with E-state index in [1.165, 1.54) is 0 Å². The molecule has 5 nitrogen and oxygen atoms in total. The number of nitriles is 1. The maximum atomic E-state index is 12.3. The average Bonchev–Trinajstić information content (AvgIpc) is 3.01. The summed E-state index contributed by atoms with van der Waals surface area (Å²) in [6.45, 7) is 1.71. The van der Waals surface area contributed by atoms with E-state index in [1.54, 1.807) is 18.2 Å². The van der Waals surface area contributed by atoms with Gasteiger partial charge in [-0.2, -0.15) is 5.26 Å². The Morgan fingerprint density at radius 1 is 1.29 bits per heavy atom. The summed E-state index contributed by atoms with van der Waals surface area (Å²) < 4.78 is 16.4. The van der Waals surface area contributed by atoms with E-state index in [0.717, 1.165) is 12.8 Å². The van der Waals surface area contributed by atoms with E-state index in [2.05, 4.69) is 6.07 Å². The van der Waals surface area contributed by atoms with Crippen LogP contribution in [-0.2, 0) is 9.53 Å². The highest BCUT2D eigenvalue weighted by Crippen LogP contribution is 2.34. The third-order valence-electron chi connectivity index (χ3n) is 3.80. The number of rotatable bonds is 4. The van der Waals surface area contributed by atoms with Crippen LogP contribution >= 0.6 is 0 Å². The van der Waals surface area contributed by atoms with Gasteiger partial charge in [0.25, 0.3) is 0 Å². The summed E-state index contributed by atoms with van der Waals surface area (Å²) in [6.07, 6.45) is 2.14. The standard InChI is InChI=1S/C16H17NO4/c17-10-13(14(18)9-12-2-1-5-19-12)11-3-4-15-16(8-11)21-7-6-20-15/h3-4,8,12-13H,1-2,5-7,9H2. The van der Waals surface area contributed by atoms with Gasteiger partial charge in [0.15, 0.2) is 17.3 Å². The molecule has 1 saturated heterocycles. The molecular weight excluding hydrogens is 270 g/mol. The number of ketones is 1. The quantitative estimate of drug-likeness (QED) is 0.849. The van der Waals surface area contributed by atoms with Crippen molar-refractivity contribution in [2.75, 3.05) is 19.8 Å². The summed E-state index contributed by atoms with van der Waals surface area (Å²) >= 11 is 0. The van der Waals surface area contributed by atoms with Crippen LogP contribution in [0.15, 0.2) is 18.2 Å². The zero-order chi connectivity index (χ0) is 14.7. The third-order valence-corrected chi connectivity index (χ3v) is 3.80. The van der Waals surface area contributed by atoms with E-state index >= 15 is 0 Å². The molecular formula is C16H17NO4. The van der Waals surface area contributed by atoms with Gasteiger partial charge in [-0.1, -0.05) is 6.07 Å². The summed E-state index contributed by atoms with van der Waals surface area (Å²) in [6, 6.07) is 7.35. The maximum absolute atomic E-state index is 12.3. The molecule has 1 aromatic rings. The summed E-state index contributed by atoms with van der Waals surface area (Å²) in [5, 5.41) is 9.34. The van der Waals surface area contributed by atoms with Crippen LogP contribution in [0.2, 0.25) is 0 Å². The number of hydrogen-bond donors (Lipinski definition) is 0. The molecule has 0 saturated carbocycles. The van der Waals surface area contributed by atoms with Gasteiger partial charge in [-0.25, -0.2) is 0 Å². The highest BCUT2D eigenvalue weighted by molar-refractivity contribution is 5.89. The Bertz CT molecular complexity index is 572. The lowest BCUT2D eigenvalue weighted by Gasteiger charge is -2.20. The molecule has 0 amide bonds. The van der Waals surface area contributed by atoms with Crippen molar-refractivity contribution in [1.82, 2.24) is 0 Å². The Morgan fingerprint density at radius 3 is 2.81 bits per heavy atom. The molecule has 2 unspecified atom stereocenters. The van der Waals surface area contributed by atoms with E-state index in [0.29, 0.717) is 43.3 Å². The molecule has 1 aromatic carbocycles. The lowest BCUT2D eigenvalue weighted by molar-refractivity contribution is -0.121. The SMILES string of the molecule is N#CC(C(=O)CC1CCCO1)c1ccc2c(c1)OCCO2. The molecule has 2 aliphatic heterocycles.